The van der Waals surface area contributed by atoms with Crippen molar-refractivity contribution in [3.63, 3.8) is 0 Å². The second-order valence-electron chi connectivity index (χ2n) is 6.67. The zero-order valence-electron chi connectivity index (χ0n) is 13.6. The molecule has 0 N–H and O–H groups in total. The Morgan fingerprint density at radius 1 is 1.20 bits per heavy atom. The first-order chi connectivity index (χ1) is 9.48. The van der Waals surface area contributed by atoms with E-state index in [0.717, 1.165) is 58.5 Å². The van der Waals surface area contributed by atoms with Crippen LogP contribution in [0.2, 0.25) is 0 Å². The van der Waals surface area contributed by atoms with E-state index in [1.54, 1.807) is 14.2 Å². The van der Waals surface area contributed by atoms with Crippen molar-refractivity contribution < 1.29 is 14.3 Å². The fourth-order valence-corrected chi connectivity index (χ4v) is 2.97. The van der Waals surface area contributed by atoms with E-state index in [9.17, 15) is 4.79 Å². The van der Waals surface area contributed by atoms with E-state index in [-0.39, 0.29) is 5.92 Å². The van der Waals surface area contributed by atoms with Crippen molar-refractivity contribution in [2.45, 2.75) is 39.5 Å². The lowest BCUT2D eigenvalue weighted by Crippen LogP contribution is -2.40. The Bertz CT molecular complexity index is 291. The molecule has 1 unspecified atom stereocenters. The summed E-state index contributed by atoms with van der Waals surface area (Å²) < 4.78 is 10.3. The number of nitrogens with zero attached hydrogens (tertiary/aromatic N) is 1. The zero-order valence-corrected chi connectivity index (χ0v) is 13.6. The molecule has 0 bridgehead atoms. The highest BCUT2D eigenvalue weighted by Gasteiger charge is 2.34. The molecule has 118 valence electrons. The largest absolute Gasteiger partial charge is 0.385 e. The molecule has 0 amide bonds. The average Bonchev–Trinajstić information content (AvgIpc) is 2.40. The molecule has 4 heteroatoms. The molecule has 1 atom stereocenters. The minimum atomic E-state index is 0.193. The topological polar surface area (TPSA) is 38.8 Å². The van der Waals surface area contributed by atoms with Crippen molar-refractivity contribution in [2.75, 3.05) is 47.1 Å². The van der Waals surface area contributed by atoms with Crippen LogP contribution in [0.5, 0.6) is 0 Å². The van der Waals surface area contributed by atoms with Gasteiger partial charge < -0.3 is 14.4 Å². The highest BCUT2D eigenvalue weighted by Crippen LogP contribution is 2.37. The summed E-state index contributed by atoms with van der Waals surface area (Å²) in [6.07, 6.45) is 3.79. The van der Waals surface area contributed by atoms with E-state index in [1.165, 1.54) is 0 Å². The van der Waals surface area contributed by atoms with Crippen LogP contribution in [0.4, 0.5) is 0 Å². The Hall–Kier alpha value is -0.450. The molecule has 0 spiro atoms. The SMILES string of the molecule is COCCCN(CCOC)CC1CC(C)(C)CCC1=O. The van der Waals surface area contributed by atoms with E-state index in [4.69, 9.17) is 9.47 Å². The highest BCUT2D eigenvalue weighted by atomic mass is 16.5. The quantitative estimate of drug-likeness (QED) is 0.610. The van der Waals surface area contributed by atoms with Crippen LogP contribution in [-0.4, -0.2) is 57.8 Å². The van der Waals surface area contributed by atoms with Crippen LogP contribution in [0.1, 0.15) is 39.5 Å². The van der Waals surface area contributed by atoms with Gasteiger partial charge in [-0.15, -0.1) is 0 Å². The molecule has 1 rings (SSSR count). The molecule has 4 nitrogen and oxygen atoms in total. The molecule has 0 aliphatic heterocycles. The van der Waals surface area contributed by atoms with E-state index in [2.05, 4.69) is 18.7 Å². The molecule has 0 saturated heterocycles. The average molecular weight is 285 g/mol. The van der Waals surface area contributed by atoms with Gasteiger partial charge in [0.25, 0.3) is 0 Å². The summed E-state index contributed by atoms with van der Waals surface area (Å²) >= 11 is 0. The maximum absolute atomic E-state index is 12.1. The molecule has 0 heterocycles. The molecule has 0 aromatic carbocycles. The normalized spacial score (nSPS) is 22.4. The minimum Gasteiger partial charge on any atom is -0.385 e. The number of Topliss-reactive ketones (excluding diaryl/α,β-unsaturated/α-hetero) is 1. The summed E-state index contributed by atoms with van der Waals surface area (Å²) in [7, 11) is 3.45. The van der Waals surface area contributed by atoms with Gasteiger partial charge in [-0.3, -0.25) is 4.79 Å². The molecular formula is C16H31NO3. The summed E-state index contributed by atoms with van der Waals surface area (Å²) in [5.41, 5.74) is 0.304. The van der Waals surface area contributed by atoms with Gasteiger partial charge in [0.15, 0.2) is 0 Å². The molecule has 0 aromatic heterocycles. The zero-order chi connectivity index (χ0) is 15.0. The summed E-state index contributed by atoms with van der Waals surface area (Å²) in [4.78, 5) is 14.5. The Morgan fingerprint density at radius 3 is 2.55 bits per heavy atom. The highest BCUT2D eigenvalue weighted by molar-refractivity contribution is 5.82. The molecule has 1 fully saturated rings. The third-order valence-electron chi connectivity index (χ3n) is 4.22. The first-order valence-corrected chi connectivity index (χ1v) is 7.71. The van der Waals surface area contributed by atoms with Gasteiger partial charge in [-0.05, 0) is 24.7 Å². The Morgan fingerprint density at radius 2 is 1.90 bits per heavy atom. The lowest BCUT2D eigenvalue weighted by atomic mass is 9.71. The molecule has 1 aliphatic carbocycles. The third kappa shape index (κ3) is 6.33. The number of ketones is 1. The summed E-state index contributed by atoms with van der Waals surface area (Å²) in [5.74, 6) is 0.636. The maximum atomic E-state index is 12.1. The van der Waals surface area contributed by atoms with E-state index >= 15 is 0 Å². The lowest BCUT2D eigenvalue weighted by Gasteiger charge is -2.36. The van der Waals surface area contributed by atoms with Crippen LogP contribution in [0.25, 0.3) is 0 Å². The Balaban J connectivity index is 2.50. The molecule has 0 aromatic rings. The number of hydrogen-bond acceptors (Lipinski definition) is 4. The summed E-state index contributed by atoms with van der Waals surface area (Å²) in [6.45, 7) is 8.78. The monoisotopic (exact) mass is 285 g/mol. The van der Waals surface area contributed by atoms with Gasteiger partial charge in [0.1, 0.15) is 5.78 Å². The summed E-state index contributed by atoms with van der Waals surface area (Å²) in [6, 6.07) is 0. The van der Waals surface area contributed by atoms with Gasteiger partial charge in [0.2, 0.25) is 0 Å². The van der Waals surface area contributed by atoms with Gasteiger partial charge in [-0.1, -0.05) is 13.8 Å². The molecule has 1 aliphatic rings. The van der Waals surface area contributed by atoms with Crippen LogP contribution in [0.3, 0.4) is 0 Å². The smallest absolute Gasteiger partial charge is 0.137 e. The minimum absolute atomic E-state index is 0.193. The van der Waals surface area contributed by atoms with Crippen molar-refractivity contribution in [2.24, 2.45) is 11.3 Å². The van der Waals surface area contributed by atoms with E-state index in [1.807, 2.05) is 0 Å². The number of methoxy groups -OCH3 is 2. The second kappa shape index (κ2) is 8.75. The van der Waals surface area contributed by atoms with Crippen LogP contribution in [0, 0.1) is 11.3 Å². The van der Waals surface area contributed by atoms with Gasteiger partial charge >= 0.3 is 0 Å². The van der Waals surface area contributed by atoms with Crippen molar-refractivity contribution in [3.8, 4) is 0 Å². The lowest BCUT2D eigenvalue weighted by molar-refractivity contribution is -0.127. The maximum Gasteiger partial charge on any atom is 0.137 e. The Labute approximate surface area is 123 Å². The first-order valence-electron chi connectivity index (χ1n) is 7.71. The predicted molar refractivity (Wildman–Crippen MR) is 80.9 cm³/mol. The molecule has 0 radical (unpaired) electrons. The van der Waals surface area contributed by atoms with Gasteiger partial charge in [-0.25, -0.2) is 0 Å². The van der Waals surface area contributed by atoms with Gasteiger partial charge in [-0.2, -0.15) is 0 Å². The molecule has 20 heavy (non-hydrogen) atoms. The number of rotatable bonds is 9. The number of ether oxygens (including phenoxy) is 2. The van der Waals surface area contributed by atoms with Crippen LogP contribution in [-0.2, 0) is 14.3 Å². The first kappa shape index (κ1) is 17.6. The van der Waals surface area contributed by atoms with E-state index < -0.39 is 0 Å². The van der Waals surface area contributed by atoms with Crippen molar-refractivity contribution in [1.82, 2.24) is 4.90 Å². The van der Waals surface area contributed by atoms with Gasteiger partial charge in [0.05, 0.1) is 6.61 Å². The fourth-order valence-electron chi connectivity index (χ4n) is 2.97. The standard InChI is InChI=1S/C16H31NO3/c1-16(2)7-6-15(18)14(12-16)13-17(9-11-20-4)8-5-10-19-3/h14H,5-13H2,1-4H3. The fraction of sp³-hybridized carbons (Fsp3) is 0.938. The van der Waals surface area contributed by atoms with Crippen molar-refractivity contribution >= 4 is 5.78 Å². The van der Waals surface area contributed by atoms with Gasteiger partial charge in [0, 0.05) is 52.8 Å². The van der Waals surface area contributed by atoms with Crippen molar-refractivity contribution in [3.05, 3.63) is 0 Å². The molecule has 1 saturated carbocycles. The second-order valence-corrected chi connectivity index (χ2v) is 6.67. The predicted octanol–water partition coefficient (Wildman–Crippen LogP) is 2.37. The number of carbonyl (C=O) groups is 1. The molecular weight excluding hydrogens is 254 g/mol. The number of hydrogen-bond donors (Lipinski definition) is 0. The Kier molecular flexibility index (Phi) is 7.70. The summed E-state index contributed by atoms with van der Waals surface area (Å²) in [5, 5.41) is 0. The van der Waals surface area contributed by atoms with Crippen molar-refractivity contribution in [1.29, 1.82) is 0 Å². The van der Waals surface area contributed by atoms with Crippen LogP contribution in [0.15, 0.2) is 0 Å². The van der Waals surface area contributed by atoms with Crippen LogP contribution < -0.4 is 0 Å². The number of carbonyl (C=O) groups excluding carboxylic acids is 1. The van der Waals surface area contributed by atoms with E-state index in [0.29, 0.717) is 11.2 Å². The third-order valence-corrected chi connectivity index (χ3v) is 4.22. The van der Waals surface area contributed by atoms with Crippen LogP contribution >= 0.6 is 0 Å².